The maximum absolute atomic E-state index is 12.8. The van der Waals surface area contributed by atoms with Gasteiger partial charge in [-0.15, -0.1) is 5.10 Å². The summed E-state index contributed by atoms with van der Waals surface area (Å²) in [5, 5.41) is 9.95. The summed E-state index contributed by atoms with van der Waals surface area (Å²) in [6.45, 7) is 0.663. The van der Waals surface area contributed by atoms with Gasteiger partial charge in [-0.1, -0.05) is 5.21 Å². The Bertz CT molecular complexity index is 541. The minimum absolute atomic E-state index is 0.198. The van der Waals surface area contributed by atoms with Crippen LogP contribution in [0, 0.1) is 0 Å². The number of halogens is 4. The van der Waals surface area contributed by atoms with Crippen molar-refractivity contribution in [3.63, 3.8) is 0 Å². The minimum atomic E-state index is -4.45. The van der Waals surface area contributed by atoms with E-state index in [1.54, 1.807) is 6.20 Å². The van der Waals surface area contributed by atoms with Crippen molar-refractivity contribution in [3.8, 4) is 0 Å². The van der Waals surface area contributed by atoms with Crippen LogP contribution in [0.3, 0.4) is 0 Å². The lowest BCUT2D eigenvalue weighted by atomic mass is 10.2. The molecule has 0 spiro atoms. The molecule has 0 aliphatic heterocycles. The third-order valence-electron chi connectivity index (χ3n) is 2.27. The van der Waals surface area contributed by atoms with Crippen LogP contribution in [0.1, 0.15) is 5.56 Å². The van der Waals surface area contributed by atoms with Gasteiger partial charge in [-0.25, -0.2) is 4.98 Å². The maximum Gasteiger partial charge on any atom is 0.419 e. The van der Waals surface area contributed by atoms with Crippen LogP contribution in [0.15, 0.2) is 29.1 Å². The third kappa shape index (κ3) is 3.66. The molecule has 2 heterocycles. The monoisotopic (exact) mass is 335 g/mol. The van der Waals surface area contributed by atoms with Gasteiger partial charge in [0.05, 0.1) is 18.3 Å². The van der Waals surface area contributed by atoms with Crippen molar-refractivity contribution in [2.24, 2.45) is 0 Å². The SMILES string of the molecule is FC(F)(F)c1cc(Br)cnc1NCCn1ccnn1. The number of alkyl halides is 3. The summed E-state index contributed by atoms with van der Waals surface area (Å²) in [6, 6.07) is 0.991. The zero-order valence-electron chi connectivity index (χ0n) is 9.52. The van der Waals surface area contributed by atoms with Gasteiger partial charge < -0.3 is 5.32 Å². The fraction of sp³-hybridized carbons (Fsp3) is 0.300. The maximum atomic E-state index is 12.8. The molecule has 0 saturated heterocycles. The Morgan fingerprint density at radius 3 is 2.79 bits per heavy atom. The normalized spacial score (nSPS) is 11.6. The van der Waals surface area contributed by atoms with Gasteiger partial charge in [0.2, 0.25) is 0 Å². The van der Waals surface area contributed by atoms with Gasteiger partial charge in [0.25, 0.3) is 0 Å². The molecule has 9 heteroatoms. The van der Waals surface area contributed by atoms with Crippen LogP contribution in [0.2, 0.25) is 0 Å². The lowest BCUT2D eigenvalue weighted by Crippen LogP contribution is -2.16. The Kier molecular flexibility index (Phi) is 4.03. The molecule has 19 heavy (non-hydrogen) atoms. The van der Waals surface area contributed by atoms with E-state index in [-0.39, 0.29) is 16.8 Å². The second kappa shape index (κ2) is 5.55. The van der Waals surface area contributed by atoms with Crippen LogP contribution in [0.5, 0.6) is 0 Å². The summed E-state index contributed by atoms with van der Waals surface area (Å²) in [7, 11) is 0. The van der Waals surface area contributed by atoms with Crippen molar-refractivity contribution in [1.82, 2.24) is 20.0 Å². The first-order valence-electron chi connectivity index (χ1n) is 5.27. The Labute approximate surface area is 115 Å². The van der Waals surface area contributed by atoms with Crippen molar-refractivity contribution in [2.75, 3.05) is 11.9 Å². The topological polar surface area (TPSA) is 55.6 Å². The highest BCUT2D eigenvalue weighted by Gasteiger charge is 2.34. The lowest BCUT2D eigenvalue weighted by Gasteiger charge is -2.13. The van der Waals surface area contributed by atoms with Crippen LogP contribution in [0.4, 0.5) is 19.0 Å². The van der Waals surface area contributed by atoms with Crippen LogP contribution in [0.25, 0.3) is 0 Å². The summed E-state index contributed by atoms with van der Waals surface area (Å²) < 4.78 is 40.2. The Hall–Kier alpha value is -1.64. The van der Waals surface area contributed by atoms with Crippen molar-refractivity contribution in [3.05, 3.63) is 34.7 Å². The van der Waals surface area contributed by atoms with E-state index in [1.165, 1.54) is 17.1 Å². The molecule has 2 rings (SSSR count). The number of rotatable bonds is 4. The zero-order valence-corrected chi connectivity index (χ0v) is 11.1. The molecule has 0 aliphatic carbocycles. The van der Waals surface area contributed by atoms with Crippen LogP contribution in [-0.4, -0.2) is 26.5 Å². The molecule has 0 aliphatic rings. The molecule has 2 aromatic rings. The molecule has 102 valence electrons. The summed E-state index contributed by atoms with van der Waals surface area (Å²) >= 11 is 2.98. The lowest BCUT2D eigenvalue weighted by molar-refractivity contribution is -0.137. The molecule has 0 atom stereocenters. The number of anilines is 1. The number of hydrogen-bond acceptors (Lipinski definition) is 4. The zero-order chi connectivity index (χ0) is 13.9. The highest BCUT2D eigenvalue weighted by atomic mass is 79.9. The van der Waals surface area contributed by atoms with E-state index in [9.17, 15) is 13.2 Å². The molecule has 2 aromatic heterocycles. The summed E-state index contributed by atoms with van der Waals surface area (Å²) in [4.78, 5) is 3.74. The van der Waals surface area contributed by atoms with Crippen molar-refractivity contribution >= 4 is 21.7 Å². The van der Waals surface area contributed by atoms with E-state index < -0.39 is 11.7 Å². The first kappa shape index (κ1) is 13.8. The number of pyridine rings is 1. The van der Waals surface area contributed by atoms with E-state index in [4.69, 9.17) is 0 Å². The number of nitrogens with zero attached hydrogens (tertiary/aromatic N) is 4. The Balaban J connectivity index is 2.07. The standard InChI is InChI=1S/C10H9BrF3N5/c11-7-5-8(10(12,13)14)9(16-6-7)15-1-3-19-4-2-17-18-19/h2,4-6H,1,3H2,(H,15,16). The molecule has 0 saturated carbocycles. The van der Waals surface area contributed by atoms with E-state index in [0.717, 1.165) is 6.07 Å². The van der Waals surface area contributed by atoms with E-state index >= 15 is 0 Å². The van der Waals surface area contributed by atoms with Gasteiger partial charge in [-0.05, 0) is 22.0 Å². The smallest absolute Gasteiger partial charge is 0.368 e. The molecule has 0 radical (unpaired) electrons. The first-order valence-corrected chi connectivity index (χ1v) is 6.07. The highest BCUT2D eigenvalue weighted by Crippen LogP contribution is 2.35. The van der Waals surface area contributed by atoms with E-state index in [1.807, 2.05) is 0 Å². The highest BCUT2D eigenvalue weighted by molar-refractivity contribution is 9.10. The van der Waals surface area contributed by atoms with Gasteiger partial charge >= 0.3 is 6.18 Å². The number of hydrogen-bond donors (Lipinski definition) is 1. The largest absolute Gasteiger partial charge is 0.419 e. The minimum Gasteiger partial charge on any atom is -0.368 e. The summed E-state index contributed by atoms with van der Waals surface area (Å²) in [5.41, 5.74) is -0.805. The van der Waals surface area contributed by atoms with Gasteiger partial charge in [-0.3, -0.25) is 4.68 Å². The number of aromatic nitrogens is 4. The van der Waals surface area contributed by atoms with Crippen LogP contribution in [-0.2, 0) is 12.7 Å². The molecule has 1 N–H and O–H groups in total. The average molecular weight is 336 g/mol. The molecule has 0 amide bonds. The van der Waals surface area contributed by atoms with E-state index in [0.29, 0.717) is 6.54 Å². The fourth-order valence-corrected chi connectivity index (χ4v) is 1.77. The van der Waals surface area contributed by atoms with Gasteiger partial charge in [-0.2, -0.15) is 13.2 Å². The molecule has 0 aromatic carbocycles. The van der Waals surface area contributed by atoms with Gasteiger partial charge in [0.1, 0.15) is 5.82 Å². The molecular formula is C10H9BrF3N5. The number of nitrogens with one attached hydrogen (secondary N) is 1. The molecule has 0 unspecified atom stereocenters. The van der Waals surface area contributed by atoms with E-state index in [2.05, 4.69) is 36.5 Å². The van der Waals surface area contributed by atoms with Crippen molar-refractivity contribution in [1.29, 1.82) is 0 Å². The summed E-state index contributed by atoms with van der Waals surface area (Å²) in [5.74, 6) is -0.198. The molecule has 0 bridgehead atoms. The molecule has 5 nitrogen and oxygen atoms in total. The van der Waals surface area contributed by atoms with Crippen LogP contribution < -0.4 is 5.32 Å². The van der Waals surface area contributed by atoms with Crippen LogP contribution >= 0.6 is 15.9 Å². The third-order valence-corrected chi connectivity index (χ3v) is 2.70. The van der Waals surface area contributed by atoms with Crippen molar-refractivity contribution < 1.29 is 13.2 Å². The Morgan fingerprint density at radius 1 is 1.37 bits per heavy atom. The summed E-state index contributed by atoms with van der Waals surface area (Å²) in [6.07, 6.45) is -0.0141. The van der Waals surface area contributed by atoms with Crippen molar-refractivity contribution in [2.45, 2.75) is 12.7 Å². The first-order chi connectivity index (χ1) is 8.97. The predicted octanol–water partition coefficient (Wildman–Crippen LogP) is 2.57. The Morgan fingerprint density at radius 2 is 2.16 bits per heavy atom. The quantitative estimate of drug-likeness (QED) is 0.932. The fourth-order valence-electron chi connectivity index (χ4n) is 1.44. The molecule has 0 fully saturated rings. The van der Waals surface area contributed by atoms with Gasteiger partial charge in [0.15, 0.2) is 0 Å². The second-order valence-electron chi connectivity index (χ2n) is 3.64. The second-order valence-corrected chi connectivity index (χ2v) is 4.56. The van der Waals surface area contributed by atoms with Gasteiger partial charge in [0, 0.05) is 23.4 Å². The average Bonchev–Trinajstić information content (AvgIpc) is 2.83. The molecular weight excluding hydrogens is 327 g/mol. The predicted molar refractivity (Wildman–Crippen MR) is 65.5 cm³/mol.